The Kier molecular flexibility index (Phi) is 8.03. The first kappa shape index (κ1) is 22.0. The van der Waals surface area contributed by atoms with Crippen LogP contribution in [0.3, 0.4) is 0 Å². The molecule has 0 spiro atoms. The lowest BCUT2D eigenvalue weighted by Crippen LogP contribution is -2.45. The number of amides is 1. The molecule has 0 fully saturated rings. The van der Waals surface area contributed by atoms with Crippen LogP contribution in [0.1, 0.15) is 54.1 Å². The van der Waals surface area contributed by atoms with Gasteiger partial charge >= 0.3 is 0 Å². The minimum Gasteiger partial charge on any atom is -0.497 e. The summed E-state index contributed by atoms with van der Waals surface area (Å²) in [6, 6.07) is 16.0. The topological polar surface area (TPSA) is 58.6 Å². The van der Waals surface area contributed by atoms with Gasteiger partial charge in [0.2, 0.25) is 5.91 Å². The third-order valence-corrected chi connectivity index (χ3v) is 5.90. The summed E-state index contributed by atoms with van der Waals surface area (Å²) < 4.78 is 5.11. The standard InChI is InChI=1S/C25H32N2O3/c1-3-22(27-16-15-19-7-4-5-8-21(19)18-27)17-26-25(29)10-6-9-24(28)20-11-13-23(30-2)14-12-20/h4-5,7-8,11-14,22H,3,6,9-10,15-18H2,1-2H3,(H,26,29). The quantitative estimate of drug-likeness (QED) is 0.604. The van der Waals surface area contributed by atoms with Crippen LogP contribution in [-0.2, 0) is 17.8 Å². The molecule has 0 bridgehead atoms. The molecule has 0 saturated carbocycles. The summed E-state index contributed by atoms with van der Waals surface area (Å²) in [4.78, 5) is 27.0. The average Bonchev–Trinajstić information content (AvgIpc) is 2.79. The van der Waals surface area contributed by atoms with Gasteiger partial charge in [0, 0.05) is 44.1 Å². The lowest BCUT2D eigenvalue weighted by Gasteiger charge is -2.35. The number of nitrogens with one attached hydrogen (secondary N) is 1. The Balaban J connectivity index is 1.39. The molecular formula is C25H32N2O3. The summed E-state index contributed by atoms with van der Waals surface area (Å²) >= 11 is 0. The van der Waals surface area contributed by atoms with E-state index in [0.29, 0.717) is 37.4 Å². The third-order valence-electron chi connectivity index (χ3n) is 5.90. The molecule has 1 aliphatic heterocycles. The van der Waals surface area contributed by atoms with Gasteiger partial charge in [-0.1, -0.05) is 31.2 Å². The summed E-state index contributed by atoms with van der Waals surface area (Å²) in [5.74, 6) is 0.811. The van der Waals surface area contributed by atoms with E-state index in [1.54, 1.807) is 31.4 Å². The summed E-state index contributed by atoms with van der Waals surface area (Å²) in [7, 11) is 1.60. The van der Waals surface area contributed by atoms with E-state index < -0.39 is 0 Å². The molecule has 1 unspecified atom stereocenters. The van der Waals surface area contributed by atoms with Crippen molar-refractivity contribution in [3.8, 4) is 5.75 Å². The summed E-state index contributed by atoms with van der Waals surface area (Å²) in [6.07, 6.45) is 3.37. The van der Waals surface area contributed by atoms with Crippen LogP contribution in [0.15, 0.2) is 48.5 Å². The molecule has 0 aromatic heterocycles. The Bertz CT molecular complexity index is 848. The molecule has 1 atom stereocenters. The molecule has 1 heterocycles. The van der Waals surface area contributed by atoms with Gasteiger partial charge in [0.1, 0.15) is 5.75 Å². The molecule has 3 rings (SSSR count). The number of nitrogens with zero attached hydrogens (tertiary/aromatic N) is 1. The van der Waals surface area contributed by atoms with Gasteiger partial charge < -0.3 is 10.1 Å². The number of fused-ring (bicyclic) bond motifs is 1. The van der Waals surface area contributed by atoms with Crippen LogP contribution in [0.5, 0.6) is 5.75 Å². The summed E-state index contributed by atoms with van der Waals surface area (Å²) in [6.45, 7) is 4.80. The third kappa shape index (κ3) is 5.92. The molecule has 30 heavy (non-hydrogen) atoms. The van der Waals surface area contributed by atoms with Gasteiger partial charge in [0.15, 0.2) is 5.78 Å². The van der Waals surface area contributed by atoms with E-state index in [1.807, 2.05) is 0 Å². The van der Waals surface area contributed by atoms with Crippen molar-refractivity contribution in [2.24, 2.45) is 0 Å². The zero-order chi connectivity index (χ0) is 21.3. The molecular weight excluding hydrogens is 376 g/mol. The fraction of sp³-hybridized carbons (Fsp3) is 0.440. The number of hydrogen-bond donors (Lipinski definition) is 1. The molecule has 0 aliphatic carbocycles. The van der Waals surface area contributed by atoms with Gasteiger partial charge in [-0.2, -0.15) is 0 Å². The van der Waals surface area contributed by atoms with Gasteiger partial charge in [0.05, 0.1) is 7.11 Å². The van der Waals surface area contributed by atoms with E-state index in [-0.39, 0.29) is 11.7 Å². The predicted octanol–water partition coefficient (Wildman–Crippen LogP) is 4.00. The second kappa shape index (κ2) is 10.9. The molecule has 0 saturated heterocycles. The molecule has 0 radical (unpaired) electrons. The van der Waals surface area contributed by atoms with Gasteiger partial charge in [-0.25, -0.2) is 0 Å². The first-order valence-electron chi connectivity index (χ1n) is 10.9. The lowest BCUT2D eigenvalue weighted by molar-refractivity contribution is -0.121. The van der Waals surface area contributed by atoms with Crippen LogP contribution in [0, 0.1) is 0 Å². The number of ketones is 1. The number of hydrogen-bond acceptors (Lipinski definition) is 4. The number of carbonyl (C=O) groups excluding carboxylic acids is 2. The van der Waals surface area contributed by atoms with Crippen LogP contribution in [0.25, 0.3) is 0 Å². The maximum Gasteiger partial charge on any atom is 0.220 e. The van der Waals surface area contributed by atoms with Crippen molar-refractivity contribution >= 4 is 11.7 Å². The van der Waals surface area contributed by atoms with Crippen molar-refractivity contribution in [3.63, 3.8) is 0 Å². The van der Waals surface area contributed by atoms with Crippen molar-refractivity contribution in [2.75, 3.05) is 20.2 Å². The maximum absolute atomic E-state index is 12.3. The molecule has 2 aromatic rings. The largest absolute Gasteiger partial charge is 0.497 e. The van der Waals surface area contributed by atoms with Crippen LogP contribution in [0.4, 0.5) is 0 Å². The molecule has 1 amide bonds. The van der Waals surface area contributed by atoms with E-state index in [2.05, 4.69) is 41.4 Å². The van der Waals surface area contributed by atoms with E-state index in [0.717, 1.165) is 31.7 Å². The number of rotatable bonds is 10. The number of benzene rings is 2. The first-order valence-corrected chi connectivity index (χ1v) is 10.9. The molecule has 5 nitrogen and oxygen atoms in total. The Morgan fingerprint density at radius 2 is 1.80 bits per heavy atom. The van der Waals surface area contributed by atoms with Crippen molar-refractivity contribution in [2.45, 2.75) is 51.6 Å². The van der Waals surface area contributed by atoms with E-state index >= 15 is 0 Å². The average molecular weight is 409 g/mol. The van der Waals surface area contributed by atoms with Gasteiger partial charge in [-0.3, -0.25) is 14.5 Å². The highest BCUT2D eigenvalue weighted by Gasteiger charge is 2.22. The van der Waals surface area contributed by atoms with Crippen molar-refractivity contribution in [1.29, 1.82) is 0 Å². The minimum absolute atomic E-state index is 0.0217. The highest BCUT2D eigenvalue weighted by atomic mass is 16.5. The second-order valence-corrected chi connectivity index (χ2v) is 7.86. The Morgan fingerprint density at radius 1 is 1.07 bits per heavy atom. The van der Waals surface area contributed by atoms with E-state index in [4.69, 9.17) is 4.74 Å². The molecule has 5 heteroatoms. The Morgan fingerprint density at radius 3 is 2.50 bits per heavy atom. The second-order valence-electron chi connectivity index (χ2n) is 7.86. The number of carbonyl (C=O) groups is 2. The van der Waals surface area contributed by atoms with Crippen LogP contribution >= 0.6 is 0 Å². The normalized spacial score (nSPS) is 14.6. The van der Waals surface area contributed by atoms with Crippen molar-refractivity contribution in [3.05, 3.63) is 65.2 Å². The molecule has 160 valence electrons. The van der Waals surface area contributed by atoms with Crippen LogP contribution in [0.2, 0.25) is 0 Å². The van der Waals surface area contributed by atoms with Crippen LogP contribution in [-0.4, -0.2) is 42.8 Å². The lowest BCUT2D eigenvalue weighted by atomic mass is 9.98. The fourth-order valence-electron chi connectivity index (χ4n) is 4.01. The monoisotopic (exact) mass is 408 g/mol. The highest BCUT2D eigenvalue weighted by molar-refractivity contribution is 5.96. The maximum atomic E-state index is 12.3. The number of Topliss-reactive ketones (excluding diaryl/α,β-unsaturated/α-hetero) is 1. The summed E-state index contributed by atoms with van der Waals surface area (Å²) in [5.41, 5.74) is 3.49. The minimum atomic E-state index is 0.0217. The fourth-order valence-corrected chi connectivity index (χ4v) is 4.01. The summed E-state index contributed by atoms with van der Waals surface area (Å²) in [5, 5.41) is 3.08. The molecule has 1 aliphatic rings. The van der Waals surface area contributed by atoms with Gasteiger partial charge in [-0.05, 0) is 54.7 Å². The molecule has 2 aromatic carbocycles. The Labute approximate surface area is 179 Å². The highest BCUT2D eigenvalue weighted by Crippen LogP contribution is 2.21. The van der Waals surface area contributed by atoms with E-state index in [1.165, 1.54) is 11.1 Å². The predicted molar refractivity (Wildman–Crippen MR) is 119 cm³/mol. The van der Waals surface area contributed by atoms with Gasteiger partial charge in [0.25, 0.3) is 0 Å². The number of methoxy groups -OCH3 is 1. The van der Waals surface area contributed by atoms with Crippen molar-refractivity contribution in [1.82, 2.24) is 10.2 Å². The van der Waals surface area contributed by atoms with Crippen LogP contribution < -0.4 is 10.1 Å². The first-order chi connectivity index (χ1) is 14.6. The van der Waals surface area contributed by atoms with E-state index in [9.17, 15) is 9.59 Å². The van der Waals surface area contributed by atoms with Gasteiger partial charge in [-0.15, -0.1) is 0 Å². The Hall–Kier alpha value is -2.66. The molecule has 1 N–H and O–H groups in total. The zero-order valence-corrected chi connectivity index (χ0v) is 18.0. The smallest absolute Gasteiger partial charge is 0.220 e. The SMILES string of the molecule is CCC(CNC(=O)CCCC(=O)c1ccc(OC)cc1)N1CCc2ccccc2C1. The van der Waals surface area contributed by atoms with Crippen molar-refractivity contribution < 1.29 is 14.3 Å². The zero-order valence-electron chi connectivity index (χ0n) is 18.0. The number of ether oxygens (including phenoxy) is 1.